The molecule has 71 heavy (non-hydrogen) atoms. The third-order valence-electron chi connectivity index (χ3n) is 12.9. The van der Waals surface area contributed by atoms with Crippen molar-refractivity contribution >= 4 is 34.3 Å². The van der Waals surface area contributed by atoms with Crippen LogP contribution in [0.15, 0.2) is 97.1 Å². The van der Waals surface area contributed by atoms with Crippen LogP contribution in [0.4, 0.5) is 10.1 Å². The van der Waals surface area contributed by atoms with Gasteiger partial charge in [-0.25, -0.2) is 14.0 Å². The number of para-hydroxylation sites is 1. The standard InChI is InChI=1S/C47H50FNO21S/c48-23-13-10-20(11-14-23)28(68-47-38(59)33(54)36(57)41(70-47)45(63)64)18-71(65)42-29(49(43(42)60)24-4-2-1-3-5-24)25-15-12-22(16-26(25)67-46-37(58)32(53)35(56)40(69-46)44(61)62)19-6-8-21(9-7-19)39-34(55)31(52)30(51)27(17-50)66-39/h1-16,27-42,46-47,50-59H,17-18H2,(H,61,62)(H,63,64)/t27-,28+,29-,30-,31+,32?,33+,34-,35?,36-,37?,38?,39?,40?,41?,42-,46-,47-,71?/m1/s1. The molecule has 0 aliphatic carbocycles. The summed E-state index contributed by atoms with van der Waals surface area (Å²) >= 11 is 0. The van der Waals surface area contributed by atoms with Gasteiger partial charge in [-0.3, -0.25) is 9.00 Å². The third kappa shape index (κ3) is 10.2. The number of benzene rings is 4. The highest BCUT2D eigenvalue weighted by Crippen LogP contribution is 2.47. The largest absolute Gasteiger partial charge is 0.479 e. The van der Waals surface area contributed by atoms with Gasteiger partial charge < -0.3 is 89.9 Å². The molecular formula is C47H50FNO21S. The molecule has 4 heterocycles. The van der Waals surface area contributed by atoms with E-state index in [1.54, 1.807) is 48.5 Å². The predicted octanol–water partition coefficient (Wildman–Crippen LogP) is -1.87. The molecule has 4 aromatic rings. The summed E-state index contributed by atoms with van der Waals surface area (Å²) in [4.78, 5) is 39.7. The van der Waals surface area contributed by atoms with Gasteiger partial charge in [0.05, 0.1) is 24.5 Å². The number of hydrogen-bond acceptors (Lipinski definition) is 19. The molecule has 4 aliphatic rings. The topological polar surface area (TPSA) is 360 Å². The maximum atomic E-state index is 14.9. The van der Waals surface area contributed by atoms with Crippen LogP contribution in [0.25, 0.3) is 11.1 Å². The minimum atomic E-state index is -2.36. The lowest BCUT2D eigenvalue weighted by molar-refractivity contribution is -0.303. The van der Waals surface area contributed by atoms with Crippen molar-refractivity contribution in [3.05, 3.63) is 120 Å². The Kier molecular flexibility index (Phi) is 15.6. The number of halogens is 1. The summed E-state index contributed by atoms with van der Waals surface area (Å²) < 4.78 is 57.8. The number of carbonyl (C=O) groups is 3. The number of hydrogen-bond donors (Lipinski definition) is 12. The van der Waals surface area contributed by atoms with Crippen molar-refractivity contribution < 1.29 is 108 Å². The molecule has 8 unspecified atom stereocenters. The van der Waals surface area contributed by atoms with E-state index in [4.69, 9.17) is 23.7 Å². The van der Waals surface area contributed by atoms with Crippen LogP contribution in [0, 0.1) is 5.82 Å². The van der Waals surface area contributed by atoms with Gasteiger partial charge in [-0.05, 0) is 52.6 Å². The number of aliphatic hydroxyl groups excluding tert-OH is 10. The molecule has 4 aromatic carbocycles. The Hall–Kier alpha value is -5.39. The summed E-state index contributed by atoms with van der Waals surface area (Å²) in [6.45, 7) is -0.659. The number of anilines is 1. The van der Waals surface area contributed by atoms with Crippen LogP contribution in [0.2, 0.25) is 0 Å². The SMILES string of the molecule is O=C(O)C1O[C@@H](Oc2cc(-c3ccc(C4O[C@H](CO)[C@@H](O)[C@H](O)[C@H]4O)cc3)ccc2[C@@H]2[C@@H](S(=O)C[C@H](O[C@@H]3OC(C(=O)O)[C@H](O)[C@H](O)C3O)c3ccc(F)cc3)C(=O)N2c2ccccc2)C(O)C(O)C1O. The quantitative estimate of drug-likeness (QED) is 0.0581. The molecule has 4 fully saturated rings. The van der Waals surface area contributed by atoms with Crippen molar-refractivity contribution in [3.63, 3.8) is 0 Å². The van der Waals surface area contributed by atoms with Crippen molar-refractivity contribution in [2.24, 2.45) is 0 Å². The van der Waals surface area contributed by atoms with Gasteiger partial charge in [-0.2, -0.15) is 0 Å². The van der Waals surface area contributed by atoms with Crippen molar-refractivity contribution in [2.75, 3.05) is 17.3 Å². The fourth-order valence-electron chi connectivity index (χ4n) is 8.95. The van der Waals surface area contributed by atoms with Gasteiger partial charge in [0.15, 0.2) is 18.5 Å². The summed E-state index contributed by atoms with van der Waals surface area (Å²) in [5.41, 5.74) is 1.60. The first-order valence-electron chi connectivity index (χ1n) is 22.0. The van der Waals surface area contributed by atoms with Gasteiger partial charge in [0.1, 0.15) is 84.0 Å². The lowest BCUT2D eigenvalue weighted by Crippen LogP contribution is -2.62. The van der Waals surface area contributed by atoms with E-state index < -0.39 is 156 Å². The van der Waals surface area contributed by atoms with Crippen LogP contribution in [0.3, 0.4) is 0 Å². The molecule has 0 aromatic heterocycles. The highest BCUT2D eigenvalue weighted by molar-refractivity contribution is 7.86. The number of carboxylic acids is 2. The third-order valence-corrected chi connectivity index (χ3v) is 14.5. The number of rotatable bonds is 15. The number of carboxylic acid groups (broad SMARTS) is 2. The van der Waals surface area contributed by atoms with E-state index in [0.717, 1.165) is 12.1 Å². The molecular weight excluding hydrogens is 966 g/mol. The van der Waals surface area contributed by atoms with Crippen LogP contribution in [0.5, 0.6) is 5.75 Å². The molecule has 19 atom stereocenters. The van der Waals surface area contributed by atoms with E-state index in [2.05, 4.69) is 0 Å². The van der Waals surface area contributed by atoms with Gasteiger partial charge in [0.2, 0.25) is 12.2 Å². The maximum absolute atomic E-state index is 14.9. The second kappa shape index (κ2) is 21.4. The Balaban J connectivity index is 1.18. The molecule has 1 amide bonds. The lowest BCUT2D eigenvalue weighted by Gasteiger charge is -2.47. The molecule has 8 rings (SSSR count). The second-order valence-corrected chi connectivity index (χ2v) is 18.9. The van der Waals surface area contributed by atoms with Crippen molar-refractivity contribution in [2.45, 2.75) is 109 Å². The molecule has 0 spiro atoms. The molecule has 12 N–H and O–H groups in total. The first-order valence-corrected chi connectivity index (χ1v) is 23.4. The van der Waals surface area contributed by atoms with Crippen molar-refractivity contribution in [3.8, 4) is 16.9 Å². The monoisotopic (exact) mass is 1020 g/mol. The zero-order chi connectivity index (χ0) is 51.2. The number of carbonyl (C=O) groups excluding carboxylic acids is 1. The Bertz CT molecular complexity index is 2560. The van der Waals surface area contributed by atoms with E-state index in [1.165, 1.54) is 41.3 Å². The Morgan fingerprint density at radius 1 is 0.662 bits per heavy atom. The molecule has 0 radical (unpaired) electrons. The summed E-state index contributed by atoms with van der Waals surface area (Å²) in [5, 5.41) is 123. The highest BCUT2D eigenvalue weighted by atomic mass is 32.2. The van der Waals surface area contributed by atoms with Crippen LogP contribution in [-0.4, -0.2) is 187 Å². The Morgan fingerprint density at radius 3 is 1.82 bits per heavy atom. The second-order valence-electron chi connectivity index (χ2n) is 17.3. The summed E-state index contributed by atoms with van der Waals surface area (Å²) in [7, 11) is -2.36. The lowest BCUT2D eigenvalue weighted by atomic mass is 9.89. The molecule has 4 saturated heterocycles. The molecule has 0 bridgehead atoms. The van der Waals surface area contributed by atoms with E-state index in [9.17, 15) is 84.3 Å². The molecule has 4 aliphatic heterocycles. The summed E-state index contributed by atoms with van der Waals surface area (Å²) in [5.74, 6) is -5.69. The average Bonchev–Trinajstić information content (AvgIpc) is 3.35. The Labute approximate surface area is 404 Å². The van der Waals surface area contributed by atoms with Gasteiger partial charge in [0, 0.05) is 22.1 Å². The van der Waals surface area contributed by atoms with Crippen LogP contribution >= 0.6 is 0 Å². The molecule has 24 heteroatoms. The Morgan fingerprint density at radius 2 is 1.23 bits per heavy atom. The predicted molar refractivity (Wildman–Crippen MR) is 238 cm³/mol. The van der Waals surface area contributed by atoms with E-state index in [1.807, 2.05) is 0 Å². The van der Waals surface area contributed by atoms with Crippen molar-refractivity contribution in [1.82, 2.24) is 0 Å². The zero-order valence-corrected chi connectivity index (χ0v) is 37.6. The fourth-order valence-corrected chi connectivity index (χ4v) is 10.6. The minimum Gasteiger partial charge on any atom is -0.479 e. The van der Waals surface area contributed by atoms with Crippen LogP contribution in [0.1, 0.15) is 34.9 Å². The summed E-state index contributed by atoms with van der Waals surface area (Å²) in [6.07, 6.45) is -29.3. The number of β-lactam (4-membered cyclic amide) rings is 1. The van der Waals surface area contributed by atoms with Crippen LogP contribution in [-0.2, 0) is 44.1 Å². The minimum absolute atomic E-state index is 0.0727. The normalized spacial score (nSPS) is 35.0. The number of amides is 1. The van der Waals surface area contributed by atoms with Gasteiger partial charge in [-0.15, -0.1) is 0 Å². The number of aliphatic carboxylic acids is 2. The first-order chi connectivity index (χ1) is 33.8. The smallest absolute Gasteiger partial charge is 0.335 e. The van der Waals surface area contributed by atoms with E-state index in [-0.39, 0.29) is 16.9 Å². The van der Waals surface area contributed by atoms with Crippen molar-refractivity contribution in [1.29, 1.82) is 0 Å². The molecule has 22 nitrogen and oxygen atoms in total. The summed E-state index contributed by atoms with van der Waals surface area (Å²) in [6, 6.07) is 22.0. The maximum Gasteiger partial charge on any atom is 0.335 e. The van der Waals surface area contributed by atoms with Gasteiger partial charge in [0.25, 0.3) is 0 Å². The van der Waals surface area contributed by atoms with Gasteiger partial charge >= 0.3 is 11.9 Å². The number of aliphatic hydroxyl groups is 10. The average molecular weight is 1020 g/mol. The highest BCUT2D eigenvalue weighted by Gasteiger charge is 2.55. The molecule has 0 saturated carbocycles. The number of ether oxygens (including phenoxy) is 5. The fraction of sp³-hybridized carbons (Fsp3) is 0.426. The zero-order valence-electron chi connectivity index (χ0n) is 36.8. The van der Waals surface area contributed by atoms with E-state index in [0.29, 0.717) is 22.4 Å². The van der Waals surface area contributed by atoms with E-state index >= 15 is 0 Å². The number of nitrogens with zero attached hydrogens (tertiary/aromatic N) is 1. The van der Waals surface area contributed by atoms with Gasteiger partial charge in [-0.1, -0.05) is 66.7 Å². The van der Waals surface area contributed by atoms with Crippen LogP contribution < -0.4 is 9.64 Å². The molecule has 382 valence electrons. The first kappa shape index (κ1) is 51.9.